The molecule has 0 bridgehead atoms. The van der Waals surface area contributed by atoms with Crippen molar-refractivity contribution in [1.29, 1.82) is 0 Å². The van der Waals surface area contributed by atoms with Gasteiger partial charge in [-0.1, -0.05) is 13.8 Å². The quantitative estimate of drug-likeness (QED) is 0.415. The van der Waals surface area contributed by atoms with Crippen molar-refractivity contribution in [2.75, 3.05) is 80.9 Å². The minimum atomic E-state index is -0.239. The molecular weight excluding hydrogens is 340 g/mol. The van der Waals surface area contributed by atoms with Gasteiger partial charge in [-0.25, -0.2) is 0 Å². The van der Waals surface area contributed by atoms with Crippen LogP contribution in [0.25, 0.3) is 0 Å². The lowest BCUT2D eigenvalue weighted by atomic mass is 10.3. The summed E-state index contributed by atoms with van der Waals surface area (Å²) < 4.78 is 19.0. The first-order chi connectivity index (χ1) is 12.5. The fourth-order valence-electron chi connectivity index (χ4n) is 2.11. The molecule has 0 saturated carbocycles. The molecule has 26 heavy (non-hydrogen) atoms. The topological polar surface area (TPSA) is 77.5 Å². The van der Waals surface area contributed by atoms with Gasteiger partial charge in [0.05, 0.1) is 40.5 Å². The van der Waals surface area contributed by atoms with Crippen molar-refractivity contribution < 1.29 is 28.5 Å². The highest BCUT2D eigenvalue weighted by atomic mass is 16.5. The van der Waals surface area contributed by atoms with Crippen LogP contribution in [-0.2, 0) is 28.5 Å². The molecule has 0 amide bonds. The summed E-state index contributed by atoms with van der Waals surface area (Å²) in [7, 11) is 6.07. The van der Waals surface area contributed by atoms with Crippen LogP contribution < -0.4 is 0 Å². The van der Waals surface area contributed by atoms with Crippen LogP contribution in [0.3, 0.4) is 0 Å². The van der Waals surface area contributed by atoms with Gasteiger partial charge in [0.2, 0.25) is 0 Å². The largest absolute Gasteiger partial charge is 0.468 e. The SMILES string of the molecule is CCCN(CCC)CC(=O)OC.COCCN(CCOC)CC(=O)OC. The Morgan fingerprint density at radius 1 is 0.654 bits per heavy atom. The van der Waals surface area contributed by atoms with Crippen LogP contribution in [0.1, 0.15) is 26.7 Å². The number of ether oxygens (including phenoxy) is 4. The Morgan fingerprint density at radius 2 is 1.00 bits per heavy atom. The number of hydrogen-bond acceptors (Lipinski definition) is 8. The van der Waals surface area contributed by atoms with E-state index in [1.165, 1.54) is 14.2 Å². The highest BCUT2D eigenvalue weighted by Gasteiger charge is 2.10. The molecule has 0 N–H and O–H groups in total. The van der Waals surface area contributed by atoms with Crippen LogP contribution in [0, 0.1) is 0 Å². The standard InChI is InChI=1S/C9H19NO4.C9H19NO2/c1-12-6-4-10(5-7-13-2)8-9(11)14-3;1-4-6-10(7-5-2)8-9(11)12-3/h4-8H2,1-3H3;4-8H2,1-3H3. The summed E-state index contributed by atoms with van der Waals surface area (Å²) in [5.41, 5.74) is 0. The molecule has 0 aromatic heterocycles. The molecule has 0 radical (unpaired) electrons. The molecule has 8 heteroatoms. The van der Waals surface area contributed by atoms with Crippen molar-refractivity contribution in [2.24, 2.45) is 0 Å². The summed E-state index contributed by atoms with van der Waals surface area (Å²) in [6.45, 7) is 9.48. The normalized spacial score (nSPS) is 10.5. The lowest BCUT2D eigenvalue weighted by molar-refractivity contribution is -0.143. The Kier molecular flexibility index (Phi) is 20.9. The van der Waals surface area contributed by atoms with E-state index >= 15 is 0 Å². The lowest BCUT2D eigenvalue weighted by Crippen LogP contribution is -2.35. The Bertz CT molecular complexity index is 328. The molecule has 0 aromatic carbocycles. The molecule has 0 unspecified atom stereocenters. The maximum absolute atomic E-state index is 11.0. The molecule has 156 valence electrons. The zero-order valence-electron chi connectivity index (χ0n) is 17.4. The van der Waals surface area contributed by atoms with Crippen LogP contribution in [0.4, 0.5) is 0 Å². The van der Waals surface area contributed by atoms with Gasteiger partial charge in [-0.15, -0.1) is 0 Å². The van der Waals surface area contributed by atoms with Gasteiger partial charge in [0, 0.05) is 27.3 Å². The third-order valence-corrected chi connectivity index (χ3v) is 3.46. The van der Waals surface area contributed by atoms with Crippen LogP contribution in [-0.4, -0.2) is 103 Å². The smallest absolute Gasteiger partial charge is 0.319 e. The van der Waals surface area contributed by atoms with E-state index in [1.807, 2.05) is 4.90 Å². The summed E-state index contributed by atoms with van der Waals surface area (Å²) in [6.07, 6.45) is 2.16. The van der Waals surface area contributed by atoms with Gasteiger partial charge in [-0.3, -0.25) is 19.4 Å². The Labute approximate surface area is 158 Å². The number of carbonyl (C=O) groups is 2. The van der Waals surface area contributed by atoms with Crippen LogP contribution in [0.5, 0.6) is 0 Å². The molecule has 8 nitrogen and oxygen atoms in total. The second kappa shape index (κ2) is 20.1. The number of hydrogen-bond donors (Lipinski definition) is 0. The van der Waals surface area contributed by atoms with Crippen molar-refractivity contribution in [1.82, 2.24) is 9.80 Å². The third kappa shape index (κ3) is 17.6. The summed E-state index contributed by atoms with van der Waals surface area (Å²) in [6, 6.07) is 0. The first kappa shape index (κ1) is 27.0. The van der Waals surface area contributed by atoms with Crippen LogP contribution >= 0.6 is 0 Å². The molecule has 0 heterocycles. The molecule has 0 aromatic rings. The summed E-state index contributed by atoms with van der Waals surface area (Å²) in [4.78, 5) is 26.0. The average molecular weight is 379 g/mol. The van der Waals surface area contributed by atoms with Crippen molar-refractivity contribution >= 4 is 11.9 Å². The molecule has 0 fully saturated rings. The molecule has 0 rings (SSSR count). The van der Waals surface area contributed by atoms with Crippen LogP contribution in [0.2, 0.25) is 0 Å². The van der Waals surface area contributed by atoms with Gasteiger partial charge in [-0.05, 0) is 25.9 Å². The van der Waals surface area contributed by atoms with Gasteiger partial charge >= 0.3 is 11.9 Å². The first-order valence-corrected chi connectivity index (χ1v) is 9.05. The molecule has 0 aliphatic heterocycles. The van der Waals surface area contributed by atoms with Gasteiger partial charge in [-0.2, -0.15) is 0 Å². The van der Waals surface area contributed by atoms with Crippen LogP contribution in [0.15, 0.2) is 0 Å². The Morgan fingerprint density at radius 3 is 1.27 bits per heavy atom. The monoisotopic (exact) mass is 378 g/mol. The van der Waals surface area contributed by atoms with E-state index in [9.17, 15) is 9.59 Å². The van der Waals surface area contributed by atoms with E-state index in [4.69, 9.17) is 9.47 Å². The fourth-order valence-corrected chi connectivity index (χ4v) is 2.11. The van der Waals surface area contributed by atoms with Crippen molar-refractivity contribution in [2.45, 2.75) is 26.7 Å². The summed E-state index contributed by atoms with van der Waals surface area (Å²) in [5, 5.41) is 0. The van der Waals surface area contributed by atoms with E-state index in [1.54, 1.807) is 14.2 Å². The number of rotatable bonds is 14. The lowest BCUT2D eigenvalue weighted by Gasteiger charge is -2.19. The highest BCUT2D eigenvalue weighted by Crippen LogP contribution is 1.94. The van der Waals surface area contributed by atoms with Gasteiger partial charge < -0.3 is 18.9 Å². The Balaban J connectivity index is 0. The fraction of sp³-hybridized carbons (Fsp3) is 0.889. The minimum Gasteiger partial charge on any atom is -0.468 e. The first-order valence-electron chi connectivity index (χ1n) is 9.05. The molecule has 0 aliphatic rings. The van der Waals surface area contributed by atoms with E-state index < -0.39 is 0 Å². The average Bonchev–Trinajstić information content (AvgIpc) is 2.64. The zero-order valence-corrected chi connectivity index (χ0v) is 17.4. The summed E-state index contributed by atoms with van der Waals surface area (Å²) >= 11 is 0. The van der Waals surface area contributed by atoms with Gasteiger partial charge in [0.15, 0.2) is 0 Å². The number of nitrogens with zero attached hydrogens (tertiary/aromatic N) is 2. The van der Waals surface area contributed by atoms with E-state index in [-0.39, 0.29) is 18.5 Å². The molecule has 0 atom stereocenters. The second-order valence-electron chi connectivity index (χ2n) is 5.69. The van der Waals surface area contributed by atoms with Gasteiger partial charge in [0.1, 0.15) is 0 Å². The predicted molar refractivity (Wildman–Crippen MR) is 101 cm³/mol. The van der Waals surface area contributed by atoms with Crippen molar-refractivity contribution in [3.63, 3.8) is 0 Å². The van der Waals surface area contributed by atoms with Crippen molar-refractivity contribution in [3.05, 3.63) is 0 Å². The third-order valence-electron chi connectivity index (χ3n) is 3.46. The Hall–Kier alpha value is -1.22. The maximum Gasteiger partial charge on any atom is 0.319 e. The minimum absolute atomic E-state index is 0.142. The molecular formula is C18H38N2O6. The summed E-state index contributed by atoms with van der Waals surface area (Å²) in [5.74, 6) is -0.380. The van der Waals surface area contributed by atoms with E-state index in [2.05, 4.69) is 28.2 Å². The second-order valence-corrected chi connectivity index (χ2v) is 5.69. The number of esters is 2. The zero-order chi connectivity index (χ0) is 20.2. The van der Waals surface area contributed by atoms with Crippen molar-refractivity contribution in [3.8, 4) is 0 Å². The highest BCUT2D eigenvalue weighted by molar-refractivity contribution is 5.71. The number of methoxy groups -OCH3 is 4. The number of carbonyl (C=O) groups excluding carboxylic acids is 2. The van der Waals surface area contributed by atoms with E-state index in [0.717, 1.165) is 25.9 Å². The predicted octanol–water partition coefficient (Wildman–Crippen LogP) is 1.04. The van der Waals surface area contributed by atoms with Gasteiger partial charge in [0.25, 0.3) is 0 Å². The van der Waals surface area contributed by atoms with E-state index in [0.29, 0.717) is 32.8 Å². The molecule has 0 saturated heterocycles. The molecule has 0 aliphatic carbocycles. The maximum atomic E-state index is 11.0. The molecule has 0 spiro atoms.